The summed E-state index contributed by atoms with van der Waals surface area (Å²) >= 11 is 7.93. The summed E-state index contributed by atoms with van der Waals surface area (Å²) < 4.78 is 0.571. The van der Waals surface area contributed by atoms with Crippen molar-refractivity contribution in [3.8, 4) is 0 Å². The lowest BCUT2D eigenvalue weighted by Crippen LogP contribution is -1.76. The minimum atomic E-state index is 0.571. The predicted molar refractivity (Wildman–Crippen MR) is 35.0 cm³/mol. The molecule has 0 aliphatic heterocycles. The third-order valence-electron chi connectivity index (χ3n) is 0.309. The van der Waals surface area contributed by atoms with Crippen molar-refractivity contribution in [2.24, 2.45) is 0 Å². The van der Waals surface area contributed by atoms with Crippen LogP contribution in [0.5, 0.6) is 0 Å². The zero-order valence-corrected chi connectivity index (χ0v) is 8.21. The van der Waals surface area contributed by atoms with Gasteiger partial charge in [0.1, 0.15) is 0 Å². The Morgan fingerprint density at radius 2 is 1.80 bits per heavy atom. The van der Waals surface area contributed by atoms with Gasteiger partial charge in [-0.05, 0) is 0 Å². The van der Waals surface area contributed by atoms with Crippen LogP contribution in [0, 0.1) is 0 Å². The lowest BCUT2D eigenvalue weighted by molar-refractivity contribution is 1.46. The summed E-state index contributed by atoms with van der Waals surface area (Å²) in [5.74, 6) is 0. The summed E-state index contributed by atoms with van der Waals surface area (Å²) in [6, 6.07) is 0. The molecule has 0 aromatic heterocycles. The van der Waals surface area contributed by atoms with E-state index in [1.54, 1.807) is 0 Å². The molecular formula is C2H5AlBr2. The highest BCUT2D eigenvalue weighted by Gasteiger charge is 1.85. The lowest BCUT2D eigenvalue weighted by Gasteiger charge is -1.85. The van der Waals surface area contributed by atoms with Gasteiger partial charge in [-0.15, -0.1) is 0 Å². The van der Waals surface area contributed by atoms with Crippen LogP contribution in [0.25, 0.3) is 0 Å². The van der Waals surface area contributed by atoms with Gasteiger partial charge in [-0.3, -0.25) is 0 Å². The minimum absolute atomic E-state index is 0.571. The van der Waals surface area contributed by atoms with Crippen LogP contribution < -0.4 is 0 Å². The van der Waals surface area contributed by atoms with Crippen LogP contribution in [0.3, 0.4) is 0 Å². The second-order valence-electron chi connectivity index (χ2n) is 0.799. The van der Waals surface area contributed by atoms with Crippen LogP contribution in [0.2, 0.25) is 5.28 Å². The standard InChI is InChI=1S/C2H3Br2.Al.2H/c1-2(3)4;;;/h2H,1H2;;;. The van der Waals surface area contributed by atoms with Gasteiger partial charge in [-0.25, -0.2) is 0 Å². The quantitative estimate of drug-likeness (QED) is 0.455. The molecule has 0 nitrogen and oxygen atoms in total. The molecule has 0 aliphatic carbocycles. The Morgan fingerprint density at radius 1 is 1.60 bits per heavy atom. The molecule has 0 heterocycles. The second kappa shape index (κ2) is 3.67. The van der Waals surface area contributed by atoms with E-state index in [0.717, 1.165) is 0 Å². The average Bonchev–Trinajstić information content (AvgIpc) is 1.38. The van der Waals surface area contributed by atoms with Crippen LogP contribution >= 0.6 is 31.9 Å². The van der Waals surface area contributed by atoms with Crippen molar-refractivity contribution in [1.29, 1.82) is 0 Å². The fraction of sp³-hybridized carbons (Fsp3) is 1.00. The smallest absolute Gasteiger partial charge is 0.0798 e. The lowest BCUT2D eigenvalue weighted by atomic mass is 11.0. The van der Waals surface area contributed by atoms with E-state index in [0.29, 0.717) is 3.74 Å². The number of hydrogen-bond acceptors (Lipinski definition) is 0. The molecule has 0 fully saturated rings. The van der Waals surface area contributed by atoms with E-state index in [2.05, 4.69) is 31.9 Å². The van der Waals surface area contributed by atoms with Crippen molar-refractivity contribution in [3.63, 3.8) is 0 Å². The van der Waals surface area contributed by atoms with Crippen molar-refractivity contribution in [3.05, 3.63) is 0 Å². The predicted octanol–water partition coefficient (Wildman–Crippen LogP) is 1.15. The summed E-state index contributed by atoms with van der Waals surface area (Å²) in [6.45, 7) is 0. The van der Waals surface area contributed by atoms with Gasteiger partial charge >= 0.3 is 0 Å². The monoisotopic (exact) mass is 214 g/mol. The molecule has 0 aliphatic rings. The Bertz CT molecular complexity index is 21.6. The summed E-state index contributed by atoms with van der Waals surface area (Å²) in [7, 11) is 0. The minimum Gasteiger partial charge on any atom is -0.0798 e. The Balaban J connectivity index is 2.54. The first-order chi connectivity index (χ1) is 2.27. The zero-order valence-electron chi connectivity index (χ0n) is 3.04. The average molecular weight is 216 g/mol. The molecule has 0 radical (unpaired) electrons. The van der Waals surface area contributed by atoms with Gasteiger partial charge < -0.3 is 0 Å². The first-order valence-electron chi connectivity index (χ1n) is 1.55. The van der Waals surface area contributed by atoms with E-state index in [-0.39, 0.29) is 0 Å². The Labute approximate surface area is 57.0 Å². The molecule has 30 valence electrons. The summed E-state index contributed by atoms with van der Waals surface area (Å²) in [4.78, 5) is 0. The van der Waals surface area contributed by atoms with Crippen molar-refractivity contribution >= 4 is 48.2 Å². The van der Waals surface area contributed by atoms with E-state index in [9.17, 15) is 0 Å². The van der Waals surface area contributed by atoms with E-state index in [1.807, 2.05) is 0 Å². The van der Waals surface area contributed by atoms with Crippen LogP contribution in [-0.2, 0) is 0 Å². The molecule has 0 spiro atoms. The fourth-order valence-electron chi connectivity index (χ4n) is 0. The van der Waals surface area contributed by atoms with E-state index in [1.165, 1.54) is 21.6 Å². The molecule has 5 heavy (non-hydrogen) atoms. The third-order valence-corrected chi connectivity index (χ3v) is 4.81. The van der Waals surface area contributed by atoms with Gasteiger partial charge in [0.2, 0.25) is 16.3 Å². The molecule has 0 N–H and O–H groups in total. The van der Waals surface area contributed by atoms with E-state index < -0.39 is 0 Å². The molecule has 0 saturated carbocycles. The highest BCUT2D eigenvalue weighted by atomic mass is 79.9. The maximum absolute atomic E-state index is 3.32. The second-order valence-corrected chi connectivity index (χ2v) is 5.06. The normalized spacial score (nSPS) is 9.40. The topological polar surface area (TPSA) is 0 Å². The summed E-state index contributed by atoms with van der Waals surface area (Å²) in [5, 5.41) is 1.28. The van der Waals surface area contributed by atoms with Crippen LogP contribution in [0.4, 0.5) is 0 Å². The number of alkyl halides is 2. The number of halogens is 2. The van der Waals surface area contributed by atoms with E-state index >= 15 is 0 Å². The van der Waals surface area contributed by atoms with Gasteiger partial charge in [0, 0.05) is 0 Å². The number of rotatable bonds is 1. The van der Waals surface area contributed by atoms with Crippen LogP contribution in [0.15, 0.2) is 0 Å². The van der Waals surface area contributed by atoms with Gasteiger partial charge in [-0.2, -0.15) is 0 Å². The van der Waals surface area contributed by atoms with Gasteiger partial charge in [0.25, 0.3) is 0 Å². The third kappa shape index (κ3) is 5.49. The Morgan fingerprint density at radius 3 is 1.80 bits per heavy atom. The largest absolute Gasteiger partial charge is 0.214 e. The van der Waals surface area contributed by atoms with Crippen molar-refractivity contribution in [2.75, 3.05) is 0 Å². The van der Waals surface area contributed by atoms with Crippen molar-refractivity contribution in [2.45, 2.75) is 9.02 Å². The Kier molecular flexibility index (Phi) is 4.77. The maximum Gasteiger partial charge on any atom is 0.214 e. The van der Waals surface area contributed by atoms with Crippen LogP contribution in [0.1, 0.15) is 0 Å². The summed E-state index contributed by atoms with van der Waals surface area (Å²) in [6.07, 6.45) is 0. The zero-order chi connectivity index (χ0) is 4.28. The van der Waals surface area contributed by atoms with Gasteiger partial charge in [-0.1, -0.05) is 37.1 Å². The number of hydrogen-bond donors (Lipinski definition) is 0. The van der Waals surface area contributed by atoms with Gasteiger partial charge in [0.15, 0.2) is 0 Å². The Hall–Kier alpha value is 1.49. The molecule has 0 aromatic carbocycles. The maximum atomic E-state index is 3.32. The van der Waals surface area contributed by atoms with Crippen molar-refractivity contribution in [1.82, 2.24) is 0 Å². The summed E-state index contributed by atoms with van der Waals surface area (Å²) in [5.41, 5.74) is 0. The highest BCUT2D eigenvalue weighted by molar-refractivity contribution is 9.24. The molecule has 0 bridgehead atoms. The highest BCUT2D eigenvalue weighted by Crippen LogP contribution is 2.09. The van der Waals surface area contributed by atoms with Crippen LogP contribution in [-0.4, -0.2) is 20.0 Å². The molecular weight excluding hydrogens is 211 g/mol. The van der Waals surface area contributed by atoms with Gasteiger partial charge in [0.05, 0.1) is 3.74 Å². The first-order valence-corrected chi connectivity index (χ1v) is 4.80. The van der Waals surface area contributed by atoms with E-state index in [4.69, 9.17) is 0 Å². The SMILES string of the molecule is [AlH2][CH2]C(Br)Br. The molecule has 0 atom stereocenters. The molecule has 3 heteroatoms. The molecule has 0 rings (SSSR count). The van der Waals surface area contributed by atoms with Crippen molar-refractivity contribution < 1.29 is 0 Å². The molecule has 0 saturated heterocycles. The molecule has 0 aromatic rings. The molecule has 0 amide bonds. The fourth-order valence-corrected chi connectivity index (χ4v) is 0. The first kappa shape index (κ1) is 6.49. The molecule has 0 unspecified atom stereocenters.